The Hall–Kier alpha value is -2.36. The van der Waals surface area contributed by atoms with E-state index >= 15 is 0 Å². The Morgan fingerprint density at radius 1 is 1.06 bits per heavy atom. The fourth-order valence-electron chi connectivity index (χ4n) is 3.92. The van der Waals surface area contributed by atoms with Crippen LogP contribution in [0.1, 0.15) is 40.2 Å². The lowest BCUT2D eigenvalue weighted by molar-refractivity contribution is -0.130. The highest BCUT2D eigenvalue weighted by Gasteiger charge is 2.24. The molecule has 0 atom stereocenters. The Kier molecular flexibility index (Phi) is 8.78. The van der Waals surface area contributed by atoms with Gasteiger partial charge in [-0.1, -0.05) is 55.9 Å². The van der Waals surface area contributed by atoms with Crippen molar-refractivity contribution in [2.75, 3.05) is 18.8 Å². The van der Waals surface area contributed by atoms with Crippen LogP contribution in [0.25, 0.3) is 11.0 Å². The Morgan fingerprint density at radius 2 is 1.74 bits per heavy atom. The van der Waals surface area contributed by atoms with Crippen molar-refractivity contribution in [2.45, 2.75) is 63.8 Å². The van der Waals surface area contributed by atoms with Crippen molar-refractivity contribution >= 4 is 38.7 Å². The number of hydrogen-bond acceptors (Lipinski definition) is 5. The number of rotatable bonds is 11. The lowest BCUT2D eigenvalue weighted by Crippen LogP contribution is -2.37. The van der Waals surface area contributed by atoms with Gasteiger partial charge in [-0.05, 0) is 44.5 Å². The molecule has 0 aliphatic heterocycles. The van der Waals surface area contributed by atoms with E-state index in [1.165, 1.54) is 16.1 Å². The van der Waals surface area contributed by atoms with Crippen molar-refractivity contribution in [2.24, 2.45) is 0 Å². The number of benzene rings is 2. The number of imidazole rings is 1. The quantitative estimate of drug-likeness (QED) is 0.358. The Bertz CT molecular complexity index is 1220. The van der Waals surface area contributed by atoms with Gasteiger partial charge in [0.15, 0.2) is 5.16 Å². The summed E-state index contributed by atoms with van der Waals surface area (Å²) in [7, 11) is -3.56. The molecule has 1 heterocycles. The molecule has 0 unspecified atom stereocenters. The molecular formula is C25H34N4O3S2. The summed E-state index contributed by atoms with van der Waals surface area (Å²) >= 11 is 1.39. The summed E-state index contributed by atoms with van der Waals surface area (Å²) in [5.41, 5.74) is 2.58. The number of thioether (sulfide) groups is 1. The fourth-order valence-corrected chi connectivity index (χ4v) is 6.37. The van der Waals surface area contributed by atoms with Gasteiger partial charge in [0.05, 0.1) is 21.7 Å². The van der Waals surface area contributed by atoms with E-state index in [2.05, 4.69) is 0 Å². The van der Waals surface area contributed by atoms with E-state index in [0.717, 1.165) is 11.1 Å². The number of carbonyl (C=O) groups is 1. The minimum atomic E-state index is -3.56. The van der Waals surface area contributed by atoms with Gasteiger partial charge in [-0.25, -0.2) is 13.4 Å². The van der Waals surface area contributed by atoms with Gasteiger partial charge < -0.3 is 9.47 Å². The van der Waals surface area contributed by atoms with Crippen LogP contribution in [-0.2, 0) is 27.9 Å². The number of aromatic nitrogens is 2. The minimum Gasteiger partial charge on any atom is -0.335 e. The Balaban J connectivity index is 1.83. The van der Waals surface area contributed by atoms with Crippen LogP contribution >= 0.6 is 11.8 Å². The summed E-state index contributed by atoms with van der Waals surface area (Å²) < 4.78 is 29.3. The molecule has 0 radical (unpaired) electrons. The van der Waals surface area contributed by atoms with Crippen LogP contribution in [0.15, 0.2) is 58.6 Å². The predicted octanol–water partition coefficient (Wildman–Crippen LogP) is 4.62. The van der Waals surface area contributed by atoms with E-state index in [1.807, 2.05) is 80.5 Å². The number of carbonyl (C=O) groups excluding carboxylic acids is 1. The van der Waals surface area contributed by atoms with E-state index < -0.39 is 10.0 Å². The number of aryl methyl sites for hydroxylation is 1. The van der Waals surface area contributed by atoms with Crippen molar-refractivity contribution in [1.29, 1.82) is 0 Å². The van der Waals surface area contributed by atoms with Crippen LogP contribution in [0.3, 0.4) is 0 Å². The lowest BCUT2D eigenvalue weighted by Gasteiger charge is -2.27. The van der Waals surface area contributed by atoms with Crippen LogP contribution in [0.5, 0.6) is 0 Å². The molecule has 1 aromatic heterocycles. The molecule has 0 bridgehead atoms. The molecular weight excluding hydrogens is 468 g/mol. The first-order valence-corrected chi connectivity index (χ1v) is 14.1. The second kappa shape index (κ2) is 11.4. The molecule has 7 nitrogen and oxygen atoms in total. The number of sulfonamides is 1. The maximum absolute atomic E-state index is 13.1. The average molecular weight is 503 g/mol. The second-order valence-electron chi connectivity index (χ2n) is 8.27. The Morgan fingerprint density at radius 3 is 2.32 bits per heavy atom. The van der Waals surface area contributed by atoms with E-state index in [9.17, 15) is 13.2 Å². The largest absolute Gasteiger partial charge is 0.335 e. The summed E-state index contributed by atoms with van der Waals surface area (Å²) in [6.07, 6.45) is 0. The third kappa shape index (κ3) is 5.64. The lowest BCUT2D eigenvalue weighted by atomic mass is 10.2. The zero-order chi connectivity index (χ0) is 24.9. The van der Waals surface area contributed by atoms with Gasteiger partial charge >= 0.3 is 0 Å². The summed E-state index contributed by atoms with van der Waals surface area (Å²) in [5.74, 6) is 0.308. The molecule has 0 aliphatic rings. The third-order valence-electron chi connectivity index (χ3n) is 5.81. The number of hydrogen-bond donors (Lipinski definition) is 0. The van der Waals surface area contributed by atoms with Crippen LogP contribution in [-0.4, -0.2) is 58.0 Å². The van der Waals surface area contributed by atoms with Gasteiger partial charge in [-0.2, -0.15) is 4.31 Å². The van der Waals surface area contributed by atoms with E-state index in [-0.39, 0.29) is 22.6 Å². The molecule has 0 saturated carbocycles. The number of fused-ring (bicyclic) bond motifs is 1. The summed E-state index contributed by atoms with van der Waals surface area (Å²) in [6, 6.07) is 15.1. The molecule has 34 heavy (non-hydrogen) atoms. The molecule has 0 saturated heterocycles. The number of amides is 1. The smallest absolute Gasteiger partial charge is 0.243 e. The van der Waals surface area contributed by atoms with Crippen molar-refractivity contribution in [3.05, 3.63) is 54.1 Å². The minimum absolute atomic E-state index is 0.0448. The molecule has 2 aromatic carbocycles. The topological polar surface area (TPSA) is 75.5 Å². The van der Waals surface area contributed by atoms with Crippen molar-refractivity contribution < 1.29 is 13.2 Å². The normalized spacial score (nSPS) is 12.1. The van der Waals surface area contributed by atoms with E-state index in [4.69, 9.17) is 4.98 Å². The SMILES string of the molecule is CCN(CC)S(=O)(=O)c1ccc2c(c1)nc(SCC(=O)N(Cc1ccccc1)C(C)C)n2CC. The average Bonchev–Trinajstić information content (AvgIpc) is 3.18. The zero-order valence-corrected chi connectivity index (χ0v) is 22.2. The van der Waals surface area contributed by atoms with Crippen molar-refractivity contribution in [1.82, 2.24) is 18.8 Å². The summed E-state index contributed by atoms with van der Waals surface area (Å²) in [4.78, 5) is 19.9. The van der Waals surface area contributed by atoms with Crippen molar-refractivity contribution in [3.8, 4) is 0 Å². The fraction of sp³-hybridized carbons (Fsp3) is 0.440. The van der Waals surface area contributed by atoms with E-state index in [0.29, 0.717) is 36.9 Å². The molecule has 184 valence electrons. The van der Waals surface area contributed by atoms with Crippen LogP contribution in [0.4, 0.5) is 0 Å². The van der Waals surface area contributed by atoms with Crippen LogP contribution in [0.2, 0.25) is 0 Å². The highest BCUT2D eigenvalue weighted by atomic mass is 32.2. The van der Waals surface area contributed by atoms with Crippen LogP contribution < -0.4 is 0 Å². The first-order valence-electron chi connectivity index (χ1n) is 11.7. The first kappa shape index (κ1) is 26.2. The molecule has 9 heteroatoms. The van der Waals surface area contributed by atoms with E-state index in [1.54, 1.807) is 12.1 Å². The van der Waals surface area contributed by atoms with Gasteiger partial charge in [0.25, 0.3) is 0 Å². The molecule has 1 amide bonds. The van der Waals surface area contributed by atoms with Crippen LogP contribution in [0, 0.1) is 0 Å². The summed E-state index contributed by atoms with van der Waals surface area (Å²) in [6.45, 7) is 11.8. The highest BCUT2D eigenvalue weighted by molar-refractivity contribution is 7.99. The maximum atomic E-state index is 13.1. The molecule has 0 fully saturated rings. The monoisotopic (exact) mass is 502 g/mol. The van der Waals surface area contributed by atoms with Gasteiger partial charge in [0.2, 0.25) is 15.9 Å². The molecule has 0 N–H and O–H groups in total. The second-order valence-corrected chi connectivity index (χ2v) is 11.1. The van der Waals surface area contributed by atoms with Crippen molar-refractivity contribution in [3.63, 3.8) is 0 Å². The maximum Gasteiger partial charge on any atom is 0.243 e. The highest BCUT2D eigenvalue weighted by Crippen LogP contribution is 2.28. The molecule has 0 spiro atoms. The first-order chi connectivity index (χ1) is 16.2. The molecule has 3 aromatic rings. The third-order valence-corrected chi connectivity index (χ3v) is 8.82. The van der Waals surface area contributed by atoms with Gasteiger partial charge in [-0.15, -0.1) is 0 Å². The summed E-state index contributed by atoms with van der Waals surface area (Å²) in [5, 5.41) is 0.714. The predicted molar refractivity (Wildman–Crippen MR) is 138 cm³/mol. The van der Waals surface area contributed by atoms with Gasteiger partial charge in [-0.3, -0.25) is 4.79 Å². The standard InChI is InChI=1S/C25H34N4O3S2/c1-6-27(7-2)34(31,32)21-14-15-23-22(16-21)26-25(28(23)8-3)33-18-24(30)29(19(4)5)17-20-12-10-9-11-13-20/h9-16,19H,6-8,17-18H2,1-5H3. The van der Waals surface area contributed by atoms with Gasteiger partial charge in [0, 0.05) is 32.2 Å². The van der Waals surface area contributed by atoms with Gasteiger partial charge in [0.1, 0.15) is 0 Å². The number of nitrogens with zero attached hydrogens (tertiary/aromatic N) is 4. The zero-order valence-electron chi connectivity index (χ0n) is 20.6. The molecule has 3 rings (SSSR count). The molecule has 0 aliphatic carbocycles. The Labute approximate surface area is 207 Å².